The quantitative estimate of drug-likeness (QED) is 0.798. The Kier molecular flexibility index (Phi) is 5.58. The van der Waals surface area contributed by atoms with Gasteiger partial charge in [-0.05, 0) is 24.0 Å². The van der Waals surface area contributed by atoms with Crippen molar-refractivity contribution in [3.63, 3.8) is 0 Å². The molecule has 0 amide bonds. The van der Waals surface area contributed by atoms with Gasteiger partial charge in [-0.15, -0.1) is 11.8 Å². The molecular formula is C12H19NS2. The Hall–Kier alpha value is -0.120. The average Bonchev–Trinajstić information content (AvgIpc) is 2.18. The minimum atomic E-state index is 0.165. The molecule has 0 saturated heterocycles. The Morgan fingerprint density at radius 2 is 1.80 bits per heavy atom. The van der Waals surface area contributed by atoms with Crippen LogP contribution in [0.4, 0.5) is 0 Å². The summed E-state index contributed by atoms with van der Waals surface area (Å²) in [6, 6.07) is 8.79. The fraction of sp³-hybridized carbons (Fsp3) is 0.500. The molecule has 0 bridgehead atoms. The molecule has 0 aromatic heterocycles. The van der Waals surface area contributed by atoms with Crippen LogP contribution in [0.3, 0.4) is 0 Å². The highest BCUT2D eigenvalue weighted by Crippen LogP contribution is 2.24. The molecule has 1 rings (SSSR count). The molecular weight excluding hydrogens is 222 g/mol. The molecule has 0 aliphatic rings. The van der Waals surface area contributed by atoms with E-state index in [1.807, 2.05) is 11.8 Å². The van der Waals surface area contributed by atoms with Crippen LogP contribution in [-0.2, 0) is 0 Å². The molecule has 15 heavy (non-hydrogen) atoms. The van der Waals surface area contributed by atoms with Gasteiger partial charge in [0.05, 0.1) is 0 Å². The van der Waals surface area contributed by atoms with E-state index < -0.39 is 0 Å². The lowest BCUT2D eigenvalue weighted by atomic mass is 10.1. The summed E-state index contributed by atoms with van der Waals surface area (Å²) >= 11 is 3.68. The second-order valence-electron chi connectivity index (χ2n) is 3.80. The molecule has 1 unspecified atom stereocenters. The molecule has 0 spiro atoms. The summed E-state index contributed by atoms with van der Waals surface area (Å²) in [5.41, 5.74) is 7.26. The minimum Gasteiger partial charge on any atom is -0.323 e. The molecule has 0 saturated carbocycles. The van der Waals surface area contributed by atoms with E-state index in [1.165, 1.54) is 10.5 Å². The number of hydrogen-bond acceptors (Lipinski definition) is 3. The van der Waals surface area contributed by atoms with E-state index in [1.54, 1.807) is 11.8 Å². The molecule has 1 atom stereocenters. The number of rotatable bonds is 5. The first-order valence-electron chi connectivity index (χ1n) is 5.14. The van der Waals surface area contributed by atoms with Crippen molar-refractivity contribution in [2.45, 2.75) is 30.0 Å². The summed E-state index contributed by atoms with van der Waals surface area (Å²) in [7, 11) is 0. The Morgan fingerprint density at radius 3 is 2.27 bits per heavy atom. The normalized spacial score (nSPS) is 13.1. The molecule has 0 radical (unpaired) electrons. The molecule has 1 aromatic carbocycles. The summed E-state index contributed by atoms with van der Waals surface area (Å²) in [5.74, 6) is 0.983. The lowest BCUT2D eigenvalue weighted by Crippen LogP contribution is -2.12. The van der Waals surface area contributed by atoms with Gasteiger partial charge in [0.1, 0.15) is 0 Å². The minimum absolute atomic E-state index is 0.165. The van der Waals surface area contributed by atoms with Gasteiger partial charge in [-0.2, -0.15) is 11.8 Å². The van der Waals surface area contributed by atoms with E-state index in [9.17, 15) is 0 Å². The van der Waals surface area contributed by atoms with Gasteiger partial charge < -0.3 is 5.73 Å². The molecule has 0 aliphatic heterocycles. The first-order chi connectivity index (χ1) is 7.13. The Bertz CT molecular complexity index is 282. The van der Waals surface area contributed by atoms with Crippen LogP contribution in [0.2, 0.25) is 0 Å². The first-order valence-corrected chi connectivity index (χ1v) is 7.42. The first kappa shape index (κ1) is 12.9. The van der Waals surface area contributed by atoms with Crippen molar-refractivity contribution in [2.24, 2.45) is 5.73 Å². The smallest absolute Gasteiger partial charge is 0.0386 e. The molecule has 0 heterocycles. The van der Waals surface area contributed by atoms with Crippen LogP contribution in [-0.4, -0.2) is 17.3 Å². The highest BCUT2D eigenvalue weighted by molar-refractivity contribution is 7.99. The third kappa shape index (κ3) is 4.49. The van der Waals surface area contributed by atoms with Crippen molar-refractivity contribution >= 4 is 23.5 Å². The van der Waals surface area contributed by atoms with Gasteiger partial charge >= 0.3 is 0 Å². The molecule has 0 aliphatic carbocycles. The summed E-state index contributed by atoms with van der Waals surface area (Å²) in [6.45, 7) is 4.41. The highest BCUT2D eigenvalue weighted by atomic mass is 32.2. The summed E-state index contributed by atoms with van der Waals surface area (Å²) < 4.78 is 0. The molecule has 3 heteroatoms. The largest absolute Gasteiger partial charge is 0.323 e. The predicted molar refractivity (Wildman–Crippen MR) is 72.7 cm³/mol. The zero-order valence-corrected chi connectivity index (χ0v) is 11.2. The fourth-order valence-electron chi connectivity index (χ4n) is 1.34. The standard InChI is InChI=1S/C12H19NS2/c1-9(2)15-11-6-4-10(5-7-11)12(13)8-14-3/h4-7,9,12H,8,13H2,1-3H3. The van der Waals surface area contributed by atoms with Crippen LogP contribution < -0.4 is 5.73 Å². The maximum Gasteiger partial charge on any atom is 0.0386 e. The Labute approximate surface area is 101 Å². The highest BCUT2D eigenvalue weighted by Gasteiger charge is 2.05. The van der Waals surface area contributed by atoms with E-state index >= 15 is 0 Å². The number of nitrogens with two attached hydrogens (primary N) is 1. The summed E-state index contributed by atoms with van der Waals surface area (Å²) in [6.07, 6.45) is 2.09. The lowest BCUT2D eigenvalue weighted by molar-refractivity contribution is 0.831. The van der Waals surface area contributed by atoms with Crippen LogP contribution >= 0.6 is 23.5 Å². The third-order valence-electron chi connectivity index (χ3n) is 2.03. The van der Waals surface area contributed by atoms with Crippen molar-refractivity contribution in [3.05, 3.63) is 29.8 Å². The van der Waals surface area contributed by atoms with Gasteiger partial charge in [0.2, 0.25) is 0 Å². The van der Waals surface area contributed by atoms with E-state index in [-0.39, 0.29) is 6.04 Å². The van der Waals surface area contributed by atoms with Crippen LogP contribution in [0.15, 0.2) is 29.2 Å². The SMILES string of the molecule is CSCC(N)c1ccc(SC(C)C)cc1. The van der Waals surface area contributed by atoms with Crippen molar-refractivity contribution in [1.29, 1.82) is 0 Å². The van der Waals surface area contributed by atoms with Crippen LogP contribution in [0.5, 0.6) is 0 Å². The second kappa shape index (κ2) is 6.46. The zero-order chi connectivity index (χ0) is 11.3. The molecule has 84 valence electrons. The van der Waals surface area contributed by atoms with Gasteiger partial charge in [0.15, 0.2) is 0 Å². The maximum absolute atomic E-state index is 6.03. The maximum atomic E-state index is 6.03. The molecule has 2 N–H and O–H groups in total. The third-order valence-corrected chi connectivity index (χ3v) is 3.73. The zero-order valence-electron chi connectivity index (χ0n) is 9.57. The lowest BCUT2D eigenvalue weighted by Gasteiger charge is -2.11. The topological polar surface area (TPSA) is 26.0 Å². The number of hydrogen-bond donors (Lipinski definition) is 1. The number of thioether (sulfide) groups is 2. The van der Waals surface area contributed by atoms with Gasteiger partial charge in [-0.3, -0.25) is 0 Å². The molecule has 1 aromatic rings. The van der Waals surface area contributed by atoms with Gasteiger partial charge in [-0.25, -0.2) is 0 Å². The van der Waals surface area contributed by atoms with Crippen LogP contribution in [0, 0.1) is 0 Å². The molecule has 0 fully saturated rings. The van der Waals surface area contributed by atoms with E-state index in [2.05, 4.69) is 44.4 Å². The molecule has 1 nitrogen and oxygen atoms in total. The van der Waals surface area contributed by atoms with Gasteiger partial charge in [0.25, 0.3) is 0 Å². The van der Waals surface area contributed by atoms with Crippen LogP contribution in [0.25, 0.3) is 0 Å². The van der Waals surface area contributed by atoms with Crippen LogP contribution in [0.1, 0.15) is 25.5 Å². The Balaban J connectivity index is 2.63. The summed E-state index contributed by atoms with van der Waals surface area (Å²) in [4.78, 5) is 1.32. The monoisotopic (exact) mass is 241 g/mol. The van der Waals surface area contributed by atoms with Crippen molar-refractivity contribution < 1.29 is 0 Å². The summed E-state index contributed by atoms with van der Waals surface area (Å²) in [5, 5.41) is 0.635. The Morgan fingerprint density at radius 1 is 1.20 bits per heavy atom. The second-order valence-corrected chi connectivity index (χ2v) is 6.36. The fourth-order valence-corrected chi connectivity index (χ4v) is 2.73. The van der Waals surface area contributed by atoms with E-state index in [4.69, 9.17) is 5.73 Å². The van der Waals surface area contributed by atoms with E-state index in [0.29, 0.717) is 5.25 Å². The van der Waals surface area contributed by atoms with Gasteiger partial charge in [0, 0.05) is 21.9 Å². The van der Waals surface area contributed by atoms with Crippen molar-refractivity contribution in [2.75, 3.05) is 12.0 Å². The van der Waals surface area contributed by atoms with E-state index in [0.717, 1.165) is 5.75 Å². The van der Waals surface area contributed by atoms with Crippen molar-refractivity contribution in [3.8, 4) is 0 Å². The number of benzene rings is 1. The predicted octanol–water partition coefficient (Wildman–Crippen LogP) is 3.55. The average molecular weight is 241 g/mol. The van der Waals surface area contributed by atoms with Gasteiger partial charge in [-0.1, -0.05) is 26.0 Å². The van der Waals surface area contributed by atoms with Crippen molar-refractivity contribution in [1.82, 2.24) is 0 Å².